The smallest absolute Gasteiger partial charge is 0.343 e. The van der Waals surface area contributed by atoms with Gasteiger partial charge in [-0.15, -0.1) is 0 Å². The monoisotopic (exact) mass is 664 g/mol. The van der Waals surface area contributed by atoms with Crippen molar-refractivity contribution < 1.29 is 38.0 Å². The van der Waals surface area contributed by atoms with E-state index in [1.807, 2.05) is 31.2 Å². The van der Waals surface area contributed by atoms with E-state index in [2.05, 4.69) is 0 Å². The number of epoxide rings is 2. The van der Waals surface area contributed by atoms with Crippen LogP contribution in [0.2, 0.25) is 0 Å². The van der Waals surface area contributed by atoms with Crippen LogP contribution in [-0.2, 0) is 18.9 Å². The quantitative estimate of drug-likeness (QED) is 0.0538. The molecule has 2 aromatic carbocycles. The summed E-state index contributed by atoms with van der Waals surface area (Å²) in [6.45, 7) is 6.70. The highest BCUT2D eigenvalue weighted by molar-refractivity contribution is 5.92. The summed E-state index contributed by atoms with van der Waals surface area (Å²) in [5.41, 5.74) is 1.37. The van der Waals surface area contributed by atoms with Crippen LogP contribution in [0.25, 0.3) is 0 Å². The highest BCUT2D eigenvalue weighted by atomic mass is 16.6. The molecule has 0 aromatic heterocycles. The molecule has 2 aliphatic carbocycles. The van der Waals surface area contributed by atoms with Gasteiger partial charge in [0.05, 0.1) is 43.2 Å². The van der Waals surface area contributed by atoms with E-state index in [1.165, 1.54) is 38.5 Å². The van der Waals surface area contributed by atoms with Crippen molar-refractivity contribution in [2.24, 2.45) is 11.8 Å². The van der Waals surface area contributed by atoms with Crippen molar-refractivity contribution >= 4 is 5.97 Å². The number of ether oxygens (including phenoxy) is 7. The van der Waals surface area contributed by atoms with E-state index in [4.69, 9.17) is 33.2 Å². The van der Waals surface area contributed by atoms with E-state index in [-0.39, 0.29) is 5.97 Å². The first-order valence-electron chi connectivity index (χ1n) is 18.8. The Bertz CT molecular complexity index is 1260. The highest BCUT2D eigenvalue weighted by Gasteiger charge is 2.44. The summed E-state index contributed by atoms with van der Waals surface area (Å²) >= 11 is 0. The predicted octanol–water partition coefficient (Wildman–Crippen LogP) is 8.26. The van der Waals surface area contributed by atoms with Gasteiger partial charge in [-0.25, -0.2) is 4.79 Å². The molecule has 0 spiro atoms. The lowest BCUT2D eigenvalue weighted by atomic mass is 9.90. The Morgan fingerprint density at radius 1 is 0.604 bits per heavy atom. The van der Waals surface area contributed by atoms with Crippen molar-refractivity contribution in [1.29, 1.82) is 0 Å². The zero-order valence-electron chi connectivity index (χ0n) is 28.9. The molecular weight excluding hydrogens is 608 g/mol. The molecule has 0 amide bonds. The molecule has 8 heteroatoms. The molecule has 4 fully saturated rings. The van der Waals surface area contributed by atoms with Crippen LogP contribution in [0.3, 0.4) is 0 Å². The largest absolute Gasteiger partial charge is 0.494 e. The van der Waals surface area contributed by atoms with Crippen LogP contribution in [0, 0.1) is 18.8 Å². The molecule has 0 radical (unpaired) electrons. The Morgan fingerprint density at radius 3 is 1.65 bits per heavy atom. The number of aryl methyl sites for hydroxylation is 1. The van der Waals surface area contributed by atoms with E-state index in [1.54, 1.807) is 18.2 Å². The molecule has 2 aromatic rings. The van der Waals surface area contributed by atoms with Crippen LogP contribution in [-0.4, -0.2) is 70.0 Å². The predicted molar refractivity (Wildman–Crippen MR) is 184 cm³/mol. The van der Waals surface area contributed by atoms with Gasteiger partial charge in [-0.2, -0.15) is 0 Å². The molecule has 0 N–H and O–H groups in total. The number of benzene rings is 2. The molecular formula is C40H56O8. The number of rotatable bonds is 22. The molecule has 6 rings (SSSR count). The number of fused-ring (bicyclic) bond motifs is 2. The van der Waals surface area contributed by atoms with Crippen LogP contribution in [0.15, 0.2) is 42.5 Å². The van der Waals surface area contributed by atoms with Crippen molar-refractivity contribution in [2.45, 2.75) is 121 Å². The summed E-state index contributed by atoms with van der Waals surface area (Å²) in [5, 5.41) is 0. The fraction of sp³-hybridized carbons (Fsp3) is 0.675. The molecule has 0 bridgehead atoms. The second kappa shape index (κ2) is 18.4. The van der Waals surface area contributed by atoms with E-state index in [0.717, 1.165) is 94.9 Å². The van der Waals surface area contributed by atoms with Gasteiger partial charge in [0.25, 0.3) is 0 Å². The molecule has 264 valence electrons. The first-order valence-corrected chi connectivity index (χ1v) is 18.8. The van der Waals surface area contributed by atoms with Gasteiger partial charge in [0.15, 0.2) is 0 Å². The minimum atomic E-state index is -0.378. The minimum absolute atomic E-state index is 0.378. The summed E-state index contributed by atoms with van der Waals surface area (Å²) < 4.78 is 40.5. The second-order valence-electron chi connectivity index (χ2n) is 14.3. The van der Waals surface area contributed by atoms with Crippen LogP contribution in [0.1, 0.15) is 106 Å². The normalized spacial score (nSPS) is 25.5. The van der Waals surface area contributed by atoms with Gasteiger partial charge >= 0.3 is 5.97 Å². The number of unbranched alkanes of at least 4 members (excludes halogenated alkanes) is 6. The van der Waals surface area contributed by atoms with Crippen molar-refractivity contribution in [2.75, 3.05) is 39.6 Å². The third kappa shape index (κ3) is 11.5. The number of hydrogen-bond donors (Lipinski definition) is 0. The fourth-order valence-electron chi connectivity index (χ4n) is 7.20. The standard InChI is InChI=1S/C40H56O8/c1-29-24-34(45-23-9-5-3-7-21-43-28-31-11-19-37-39(26-31)48-37)16-17-35(29)40(41)46-33-14-12-32(13-15-33)44-22-8-4-2-6-20-42-27-30-10-18-36-38(25-30)47-36/h12-17,24,30-31,36-39H,2-11,18-23,25-28H2,1H3. The maximum Gasteiger partial charge on any atom is 0.343 e. The van der Waals surface area contributed by atoms with E-state index in [0.29, 0.717) is 60.8 Å². The van der Waals surface area contributed by atoms with Gasteiger partial charge in [-0.1, -0.05) is 12.8 Å². The Kier molecular flexibility index (Phi) is 13.5. The summed E-state index contributed by atoms with van der Waals surface area (Å²) in [7, 11) is 0. The number of esters is 1. The molecule has 4 aliphatic rings. The molecule has 6 atom stereocenters. The average molecular weight is 665 g/mol. The van der Waals surface area contributed by atoms with Gasteiger partial charge in [0.2, 0.25) is 0 Å². The molecule has 2 saturated carbocycles. The molecule has 48 heavy (non-hydrogen) atoms. The van der Waals surface area contributed by atoms with Crippen LogP contribution in [0.4, 0.5) is 0 Å². The number of carbonyl (C=O) groups is 1. The Labute approximate surface area is 287 Å². The summed E-state index contributed by atoms with van der Waals surface area (Å²) in [5.74, 6) is 3.04. The van der Waals surface area contributed by atoms with Crippen LogP contribution in [0.5, 0.6) is 17.2 Å². The summed E-state index contributed by atoms with van der Waals surface area (Å²) in [6.07, 6.45) is 18.2. The van der Waals surface area contributed by atoms with Gasteiger partial charge in [-0.05, 0) is 144 Å². The summed E-state index contributed by atoms with van der Waals surface area (Å²) in [6, 6.07) is 12.8. The fourth-order valence-corrected chi connectivity index (χ4v) is 7.20. The van der Waals surface area contributed by atoms with Gasteiger partial charge in [-0.3, -0.25) is 0 Å². The lowest BCUT2D eigenvalue weighted by molar-refractivity contribution is 0.0733. The molecule has 2 saturated heterocycles. The molecule has 2 aliphatic heterocycles. The lowest BCUT2D eigenvalue weighted by Crippen LogP contribution is -2.18. The lowest BCUT2D eigenvalue weighted by Gasteiger charge is -2.18. The van der Waals surface area contributed by atoms with Crippen molar-refractivity contribution in [1.82, 2.24) is 0 Å². The maximum absolute atomic E-state index is 12.9. The van der Waals surface area contributed by atoms with Crippen LogP contribution < -0.4 is 14.2 Å². The zero-order valence-corrected chi connectivity index (χ0v) is 28.9. The Balaban J connectivity index is 0.765. The molecule has 2 heterocycles. The Morgan fingerprint density at radius 2 is 1.10 bits per heavy atom. The van der Waals surface area contributed by atoms with Crippen LogP contribution >= 0.6 is 0 Å². The third-order valence-corrected chi connectivity index (χ3v) is 10.3. The molecule has 6 unspecified atom stereocenters. The topological polar surface area (TPSA) is 88.3 Å². The van der Waals surface area contributed by atoms with Crippen molar-refractivity contribution in [3.8, 4) is 17.2 Å². The SMILES string of the molecule is Cc1cc(OCCCCCCOCC2CCC3OC3C2)ccc1C(=O)Oc1ccc(OCCCCCCOCC2CCC3OC3C2)cc1. The van der Waals surface area contributed by atoms with Gasteiger partial charge < -0.3 is 33.2 Å². The maximum atomic E-state index is 12.9. The summed E-state index contributed by atoms with van der Waals surface area (Å²) in [4.78, 5) is 12.9. The zero-order chi connectivity index (χ0) is 33.0. The Hall–Kier alpha value is -2.65. The number of carbonyl (C=O) groups excluding carboxylic acids is 1. The van der Waals surface area contributed by atoms with Gasteiger partial charge in [0.1, 0.15) is 17.2 Å². The third-order valence-electron chi connectivity index (χ3n) is 10.3. The van der Waals surface area contributed by atoms with E-state index >= 15 is 0 Å². The number of hydrogen-bond acceptors (Lipinski definition) is 8. The van der Waals surface area contributed by atoms with Crippen molar-refractivity contribution in [3.05, 3.63) is 53.6 Å². The second-order valence-corrected chi connectivity index (χ2v) is 14.3. The van der Waals surface area contributed by atoms with Crippen molar-refractivity contribution in [3.63, 3.8) is 0 Å². The van der Waals surface area contributed by atoms with Gasteiger partial charge in [0, 0.05) is 26.4 Å². The van der Waals surface area contributed by atoms with E-state index < -0.39 is 0 Å². The minimum Gasteiger partial charge on any atom is -0.494 e. The average Bonchev–Trinajstić information content (AvgIpc) is 4.03. The first kappa shape index (κ1) is 35.2. The van der Waals surface area contributed by atoms with E-state index in [9.17, 15) is 4.79 Å². The first-order chi connectivity index (χ1) is 23.6. The molecule has 8 nitrogen and oxygen atoms in total. The highest BCUT2D eigenvalue weighted by Crippen LogP contribution is 2.40.